The van der Waals surface area contributed by atoms with Gasteiger partial charge in [-0.3, -0.25) is 10.1 Å². The Bertz CT molecular complexity index is 696. The second-order valence-electron chi connectivity index (χ2n) is 3.49. The number of benzene rings is 1. The number of anilines is 1. The quantitative estimate of drug-likeness (QED) is 0.676. The number of nitro benzene ring substituents is 1. The van der Waals surface area contributed by atoms with Gasteiger partial charge in [0.2, 0.25) is 0 Å². The Balaban J connectivity index is 2.66. The summed E-state index contributed by atoms with van der Waals surface area (Å²) in [6.45, 7) is 0. The highest BCUT2D eigenvalue weighted by Crippen LogP contribution is 2.34. The lowest BCUT2D eigenvalue weighted by atomic mass is 10.3. The van der Waals surface area contributed by atoms with Gasteiger partial charge in [0.15, 0.2) is 5.69 Å². The summed E-state index contributed by atoms with van der Waals surface area (Å²) in [5.74, 6) is 0.147. The number of nitrogens with two attached hydrogens (primary N) is 1. The molecule has 0 saturated heterocycles. The van der Waals surface area contributed by atoms with E-state index in [1.807, 2.05) is 6.07 Å². The van der Waals surface area contributed by atoms with Crippen molar-refractivity contribution in [2.45, 2.75) is 0 Å². The number of nitrogen functional groups attached to an aromatic ring is 1. The molecule has 2 aromatic rings. The summed E-state index contributed by atoms with van der Waals surface area (Å²) in [6, 6.07) is 5.43. The molecule has 2 N–H and O–H groups in total. The zero-order valence-corrected chi connectivity index (χ0v) is 10.7. The number of hydrogen-bond acceptors (Lipinski definition) is 5. The molecule has 0 aliphatic carbocycles. The Hall–Kier alpha value is -2.30. The van der Waals surface area contributed by atoms with Crippen LogP contribution in [0.3, 0.4) is 0 Å². The zero-order chi connectivity index (χ0) is 14.2. The number of nitro groups is 1. The summed E-state index contributed by atoms with van der Waals surface area (Å²) in [4.78, 5) is 10.1. The average molecular weight is 298 g/mol. The molecule has 1 heterocycles. The molecule has 0 radical (unpaired) electrons. The van der Waals surface area contributed by atoms with E-state index in [-0.39, 0.29) is 32.9 Å². The molecule has 1 aromatic carbocycles. The molecule has 96 valence electrons. The fourth-order valence-electron chi connectivity index (χ4n) is 1.49. The summed E-state index contributed by atoms with van der Waals surface area (Å²) >= 11 is 11.9. The summed E-state index contributed by atoms with van der Waals surface area (Å²) in [7, 11) is 0. The van der Waals surface area contributed by atoms with E-state index in [2.05, 4.69) is 5.10 Å². The van der Waals surface area contributed by atoms with Crippen molar-refractivity contribution in [3.8, 4) is 11.8 Å². The van der Waals surface area contributed by atoms with Crippen LogP contribution in [0.1, 0.15) is 5.69 Å². The van der Waals surface area contributed by atoms with Gasteiger partial charge < -0.3 is 5.73 Å². The molecule has 0 atom stereocenters. The Morgan fingerprint density at radius 3 is 2.37 bits per heavy atom. The van der Waals surface area contributed by atoms with Gasteiger partial charge >= 0.3 is 0 Å². The molecular formula is C10H5Cl2N5O2. The lowest BCUT2D eigenvalue weighted by Gasteiger charge is -2.08. The first-order chi connectivity index (χ1) is 8.93. The van der Waals surface area contributed by atoms with Gasteiger partial charge in [-0.05, 0) is 0 Å². The molecule has 2 rings (SSSR count). The third-order valence-corrected chi connectivity index (χ3v) is 2.85. The normalized spacial score (nSPS) is 10.2. The fraction of sp³-hybridized carbons (Fsp3) is 0. The molecule has 0 unspecified atom stereocenters. The number of non-ortho nitro benzene ring substituents is 1. The maximum absolute atomic E-state index is 10.7. The van der Waals surface area contributed by atoms with Gasteiger partial charge in [0, 0.05) is 18.2 Å². The molecule has 0 amide bonds. The Morgan fingerprint density at radius 2 is 1.95 bits per heavy atom. The van der Waals surface area contributed by atoms with Gasteiger partial charge in [-0.1, -0.05) is 23.2 Å². The molecule has 0 saturated carbocycles. The monoisotopic (exact) mass is 297 g/mol. The number of halogens is 2. The number of aromatic nitrogens is 2. The molecular weight excluding hydrogens is 293 g/mol. The number of hydrogen-bond donors (Lipinski definition) is 1. The van der Waals surface area contributed by atoms with E-state index in [9.17, 15) is 10.1 Å². The smallest absolute Gasteiger partial charge is 0.272 e. The standard InChI is InChI=1S/C10H5Cl2N5O2/c11-7-2-6(17(18)19)3-8(12)10(7)16-9(14)1-5(4-13)15-16/h1-3H,14H2. The number of nitrogens with zero attached hydrogens (tertiary/aromatic N) is 4. The molecule has 0 fully saturated rings. The van der Waals surface area contributed by atoms with Gasteiger partial charge in [-0.25, -0.2) is 4.68 Å². The van der Waals surface area contributed by atoms with Crippen molar-refractivity contribution in [2.75, 3.05) is 5.73 Å². The summed E-state index contributed by atoms with van der Waals surface area (Å²) in [5, 5.41) is 23.3. The van der Waals surface area contributed by atoms with Gasteiger partial charge in [0.25, 0.3) is 5.69 Å². The van der Waals surface area contributed by atoms with E-state index < -0.39 is 4.92 Å². The first kappa shape index (κ1) is 13.1. The Kier molecular flexibility index (Phi) is 3.29. The predicted octanol–water partition coefficient (Wildman–Crippen LogP) is 2.54. The lowest BCUT2D eigenvalue weighted by molar-refractivity contribution is -0.384. The van der Waals surface area contributed by atoms with Gasteiger partial charge in [0.05, 0.1) is 15.0 Å². The minimum Gasteiger partial charge on any atom is -0.384 e. The van der Waals surface area contributed by atoms with Crippen LogP contribution in [0.25, 0.3) is 5.69 Å². The third kappa shape index (κ3) is 2.31. The van der Waals surface area contributed by atoms with Crippen LogP contribution in [0, 0.1) is 21.4 Å². The second kappa shape index (κ2) is 4.76. The summed E-state index contributed by atoms with van der Waals surface area (Å²) in [6.07, 6.45) is 0. The zero-order valence-electron chi connectivity index (χ0n) is 9.17. The SMILES string of the molecule is N#Cc1cc(N)n(-c2c(Cl)cc([N+](=O)[O-])cc2Cl)n1. The number of nitriles is 1. The Labute approximate surface area is 116 Å². The molecule has 19 heavy (non-hydrogen) atoms. The molecule has 0 aliphatic rings. The van der Waals surface area contributed by atoms with Crippen molar-refractivity contribution in [1.29, 1.82) is 5.26 Å². The summed E-state index contributed by atoms with van der Waals surface area (Å²) in [5.41, 5.74) is 5.71. The van der Waals surface area contributed by atoms with Crippen LogP contribution in [-0.2, 0) is 0 Å². The molecule has 1 aromatic heterocycles. The minimum absolute atomic E-state index is 0.0125. The van der Waals surface area contributed by atoms with Crippen molar-refractivity contribution in [3.63, 3.8) is 0 Å². The first-order valence-corrected chi connectivity index (χ1v) is 5.59. The lowest BCUT2D eigenvalue weighted by Crippen LogP contribution is -2.04. The van der Waals surface area contributed by atoms with Gasteiger partial charge in [0.1, 0.15) is 17.6 Å². The summed E-state index contributed by atoms with van der Waals surface area (Å²) < 4.78 is 1.16. The van der Waals surface area contributed by atoms with Crippen molar-refractivity contribution in [3.05, 3.63) is 44.1 Å². The predicted molar refractivity (Wildman–Crippen MR) is 69.4 cm³/mol. The molecule has 0 aliphatic heterocycles. The average Bonchev–Trinajstić information content (AvgIpc) is 2.70. The van der Waals surface area contributed by atoms with Crippen LogP contribution < -0.4 is 5.73 Å². The topological polar surface area (TPSA) is 111 Å². The van der Waals surface area contributed by atoms with E-state index >= 15 is 0 Å². The first-order valence-electron chi connectivity index (χ1n) is 4.83. The highest BCUT2D eigenvalue weighted by atomic mass is 35.5. The van der Waals surface area contributed by atoms with E-state index in [1.165, 1.54) is 6.07 Å². The van der Waals surface area contributed by atoms with Crippen molar-refractivity contribution in [2.24, 2.45) is 0 Å². The molecule has 7 nitrogen and oxygen atoms in total. The van der Waals surface area contributed by atoms with Crippen LogP contribution in [0.15, 0.2) is 18.2 Å². The minimum atomic E-state index is -0.616. The Morgan fingerprint density at radius 1 is 1.37 bits per heavy atom. The van der Waals surface area contributed by atoms with Gasteiger partial charge in [-0.2, -0.15) is 10.4 Å². The molecule has 9 heteroatoms. The van der Waals surface area contributed by atoms with Crippen molar-refractivity contribution in [1.82, 2.24) is 9.78 Å². The van der Waals surface area contributed by atoms with Crippen LogP contribution in [-0.4, -0.2) is 14.7 Å². The van der Waals surface area contributed by atoms with Crippen molar-refractivity contribution >= 4 is 34.7 Å². The van der Waals surface area contributed by atoms with Crippen LogP contribution in [0.2, 0.25) is 10.0 Å². The fourth-order valence-corrected chi connectivity index (χ4v) is 2.12. The van der Waals surface area contributed by atoms with E-state index in [0.717, 1.165) is 16.8 Å². The van der Waals surface area contributed by atoms with E-state index in [4.69, 9.17) is 34.2 Å². The second-order valence-corrected chi connectivity index (χ2v) is 4.31. The third-order valence-electron chi connectivity index (χ3n) is 2.28. The maximum atomic E-state index is 10.7. The van der Waals surface area contributed by atoms with E-state index in [1.54, 1.807) is 0 Å². The van der Waals surface area contributed by atoms with Crippen LogP contribution >= 0.6 is 23.2 Å². The largest absolute Gasteiger partial charge is 0.384 e. The molecule has 0 bridgehead atoms. The highest BCUT2D eigenvalue weighted by Gasteiger charge is 2.18. The van der Waals surface area contributed by atoms with Crippen LogP contribution in [0.4, 0.5) is 11.5 Å². The van der Waals surface area contributed by atoms with E-state index in [0.29, 0.717) is 0 Å². The van der Waals surface area contributed by atoms with Gasteiger partial charge in [-0.15, -0.1) is 0 Å². The molecule has 0 spiro atoms. The maximum Gasteiger partial charge on any atom is 0.272 e. The van der Waals surface area contributed by atoms with Crippen molar-refractivity contribution < 1.29 is 4.92 Å². The number of rotatable bonds is 2. The highest BCUT2D eigenvalue weighted by molar-refractivity contribution is 6.38. The van der Waals surface area contributed by atoms with Crippen LogP contribution in [0.5, 0.6) is 0 Å².